The molecule has 2 nitrogen and oxygen atoms in total. The van der Waals surface area contributed by atoms with E-state index in [0.717, 1.165) is 30.4 Å². The fourth-order valence-corrected chi connectivity index (χ4v) is 1.58. The number of nitrogens with one attached hydrogen (secondary N) is 1. The number of hydrogen-bond acceptors (Lipinski definition) is 1. The third-order valence-corrected chi connectivity index (χ3v) is 2.49. The monoisotopic (exact) mass is 277 g/mol. The zero-order chi connectivity index (χ0) is 14.5. The maximum atomic E-state index is 13.3. The Kier molecular flexibility index (Phi) is 4.20. The summed E-state index contributed by atoms with van der Waals surface area (Å²) < 4.78 is 39.5. The van der Waals surface area contributed by atoms with E-state index in [2.05, 4.69) is 5.32 Å². The second kappa shape index (κ2) is 6.06. The molecule has 5 heteroatoms. The van der Waals surface area contributed by atoms with Crippen molar-refractivity contribution in [2.45, 2.75) is 0 Å². The van der Waals surface area contributed by atoms with Crippen LogP contribution in [0.15, 0.2) is 48.5 Å². The molecule has 2 aromatic carbocycles. The highest BCUT2D eigenvalue weighted by Gasteiger charge is 2.05. The van der Waals surface area contributed by atoms with E-state index in [9.17, 15) is 18.0 Å². The maximum absolute atomic E-state index is 13.3. The number of carbonyl (C=O) groups is 1. The lowest BCUT2D eigenvalue weighted by Gasteiger charge is -2.02. The molecule has 0 heterocycles. The van der Waals surface area contributed by atoms with Gasteiger partial charge >= 0.3 is 0 Å². The first-order chi connectivity index (χ1) is 9.56. The molecule has 2 aromatic rings. The Morgan fingerprint density at radius 3 is 2.30 bits per heavy atom. The quantitative estimate of drug-likeness (QED) is 0.850. The first kappa shape index (κ1) is 13.9. The molecule has 0 unspecified atom stereocenters. The highest BCUT2D eigenvalue weighted by atomic mass is 19.1. The molecule has 1 N–H and O–H groups in total. The van der Waals surface area contributed by atoms with Gasteiger partial charge in [-0.25, -0.2) is 13.2 Å². The van der Waals surface area contributed by atoms with Crippen molar-refractivity contribution in [3.63, 3.8) is 0 Å². The maximum Gasteiger partial charge on any atom is 0.248 e. The molecule has 1 amide bonds. The van der Waals surface area contributed by atoms with Gasteiger partial charge in [0, 0.05) is 17.3 Å². The molecule has 0 aliphatic carbocycles. The highest BCUT2D eigenvalue weighted by molar-refractivity contribution is 6.01. The van der Waals surface area contributed by atoms with Gasteiger partial charge in [0.2, 0.25) is 5.91 Å². The minimum absolute atomic E-state index is 0.258. The Balaban J connectivity index is 2.10. The van der Waals surface area contributed by atoms with Crippen molar-refractivity contribution in [3.8, 4) is 0 Å². The molecule has 0 bridgehead atoms. The number of halogens is 3. The third-order valence-electron chi connectivity index (χ3n) is 2.49. The van der Waals surface area contributed by atoms with E-state index in [1.165, 1.54) is 24.3 Å². The van der Waals surface area contributed by atoms with E-state index in [1.807, 2.05) is 0 Å². The molecule has 0 saturated heterocycles. The fourth-order valence-electron chi connectivity index (χ4n) is 1.58. The van der Waals surface area contributed by atoms with Crippen LogP contribution < -0.4 is 5.32 Å². The lowest BCUT2D eigenvalue weighted by atomic mass is 10.2. The minimum atomic E-state index is -0.764. The zero-order valence-corrected chi connectivity index (χ0v) is 10.2. The van der Waals surface area contributed by atoms with Gasteiger partial charge in [-0.15, -0.1) is 0 Å². The number of carbonyl (C=O) groups excluding carboxylic acids is 1. The van der Waals surface area contributed by atoms with Crippen LogP contribution in [0, 0.1) is 17.5 Å². The lowest BCUT2D eigenvalue weighted by molar-refractivity contribution is -0.111. The average Bonchev–Trinajstić information content (AvgIpc) is 2.38. The van der Waals surface area contributed by atoms with Crippen molar-refractivity contribution in [3.05, 3.63) is 71.6 Å². The normalized spacial score (nSPS) is 10.8. The Hall–Kier alpha value is -2.56. The molecule has 0 saturated carbocycles. The van der Waals surface area contributed by atoms with Crippen LogP contribution in [0.2, 0.25) is 0 Å². The molecule has 20 heavy (non-hydrogen) atoms. The molecule has 0 radical (unpaired) electrons. The third kappa shape index (κ3) is 3.47. The van der Waals surface area contributed by atoms with Gasteiger partial charge in [0.05, 0.1) is 0 Å². The first-order valence-electron chi connectivity index (χ1n) is 5.75. The minimum Gasteiger partial charge on any atom is -0.322 e. The van der Waals surface area contributed by atoms with E-state index >= 15 is 0 Å². The summed E-state index contributed by atoms with van der Waals surface area (Å²) in [5.74, 6) is -2.63. The number of benzene rings is 2. The molecular weight excluding hydrogens is 267 g/mol. The van der Waals surface area contributed by atoms with Crippen LogP contribution in [0.25, 0.3) is 6.08 Å². The van der Waals surface area contributed by atoms with Gasteiger partial charge in [0.15, 0.2) is 0 Å². The average molecular weight is 277 g/mol. The number of anilines is 1. The van der Waals surface area contributed by atoms with E-state index < -0.39 is 23.4 Å². The number of rotatable bonds is 3. The van der Waals surface area contributed by atoms with Crippen LogP contribution in [-0.2, 0) is 4.79 Å². The Labute approximate surface area is 113 Å². The molecule has 102 valence electrons. The van der Waals surface area contributed by atoms with Crippen molar-refractivity contribution in [1.82, 2.24) is 0 Å². The second-order valence-corrected chi connectivity index (χ2v) is 3.97. The van der Waals surface area contributed by atoms with Crippen molar-refractivity contribution in [2.75, 3.05) is 5.32 Å². The largest absolute Gasteiger partial charge is 0.322 e. The van der Waals surface area contributed by atoms with Gasteiger partial charge < -0.3 is 5.32 Å². The van der Waals surface area contributed by atoms with E-state index in [1.54, 1.807) is 0 Å². The van der Waals surface area contributed by atoms with Crippen molar-refractivity contribution in [1.29, 1.82) is 0 Å². The van der Waals surface area contributed by atoms with Gasteiger partial charge in [-0.3, -0.25) is 4.79 Å². The SMILES string of the molecule is O=C(/C=C/c1c(F)cccc1F)Nc1cccc(F)c1. The van der Waals surface area contributed by atoms with Crippen LogP contribution in [-0.4, -0.2) is 5.91 Å². The summed E-state index contributed by atoms with van der Waals surface area (Å²) >= 11 is 0. The van der Waals surface area contributed by atoms with E-state index in [4.69, 9.17) is 0 Å². The molecule has 2 rings (SSSR count). The van der Waals surface area contributed by atoms with Gasteiger partial charge in [-0.2, -0.15) is 0 Å². The summed E-state index contributed by atoms with van der Waals surface area (Å²) in [6.45, 7) is 0. The smallest absolute Gasteiger partial charge is 0.248 e. The standard InChI is InChI=1S/C15H10F3NO/c16-10-3-1-4-11(9-10)19-15(20)8-7-12-13(17)5-2-6-14(12)18/h1-9H,(H,19,20)/b8-7+. The van der Waals surface area contributed by atoms with Gasteiger partial charge in [0.1, 0.15) is 17.5 Å². The lowest BCUT2D eigenvalue weighted by Crippen LogP contribution is -2.07. The predicted octanol–water partition coefficient (Wildman–Crippen LogP) is 3.76. The van der Waals surface area contributed by atoms with Crippen LogP contribution >= 0.6 is 0 Å². The number of hydrogen-bond donors (Lipinski definition) is 1. The topological polar surface area (TPSA) is 29.1 Å². The van der Waals surface area contributed by atoms with Gasteiger partial charge in [-0.1, -0.05) is 12.1 Å². The summed E-state index contributed by atoms with van der Waals surface area (Å²) in [4.78, 5) is 11.6. The summed E-state index contributed by atoms with van der Waals surface area (Å²) in [6.07, 6.45) is 2.01. The van der Waals surface area contributed by atoms with Crippen LogP contribution in [0.4, 0.5) is 18.9 Å². The first-order valence-corrected chi connectivity index (χ1v) is 5.75. The fraction of sp³-hybridized carbons (Fsp3) is 0. The summed E-state index contributed by atoms with van der Waals surface area (Å²) in [7, 11) is 0. The van der Waals surface area contributed by atoms with Crippen molar-refractivity contribution in [2.24, 2.45) is 0 Å². The molecule has 0 fully saturated rings. The molecule has 0 spiro atoms. The van der Waals surface area contributed by atoms with Crippen molar-refractivity contribution >= 4 is 17.7 Å². The second-order valence-electron chi connectivity index (χ2n) is 3.97. The Morgan fingerprint density at radius 2 is 1.65 bits per heavy atom. The molecular formula is C15H10F3NO. The Morgan fingerprint density at radius 1 is 1.00 bits per heavy atom. The van der Waals surface area contributed by atoms with Gasteiger partial charge in [-0.05, 0) is 36.4 Å². The van der Waals surface area contributed by atoms with Crippen LogP contribution in [0.3, 0.4) is 0 Å². The van der Waals surface area contributed by atoms with E-state index in [0.29, 0.717) is 0 Å². The number of amides is 1. The summed E-state index contributed by atoms with van der Waals surface area (Å²) in [6, 6.07) is 8.72. The van der Waals surface area contributed by atoms with Crippen LogP contribution in [0.5, 0.6) is 0 Å². The van der Waals surface area contributed by atoms with Crippen molar-refractivity contribution < 1.29 is 18.0 Å². The highest BCUT2D eigenvalue weighted by Crippen LogP contribution is 2.14. The molecule has 0 aliphatic rings. The van der Waals surface area contributed by atoms with Crippen LogP contribution in [0.1, 0.15) is 5.56 Å². The molecule has 0 atom stereocenters. The summed E-state index contributed by atoms with van der Waals surface area (Å²) in [5.41, 5.74) is -0.0458. The zero-order valence-electron chi connectivity index (χ0n) is 10.2. The molecule has 0 aromatic heterocycles. The summed E-state index contributed by atoms with van der Waals surface area (Å²) in [5, 5.41) is 2.38. The molecule has 0 aliphatic heterocycles. The van der Waals surface area contributed by atoms with Gasteiger partial charge in [0.25, 0.3) is 0 Å². The van der Waals surface area contributed by atoms with E-state index in [-0.39, 0.29) is 11.3 Å². The Bertz CT molecular complexity index is 648. The predicted molar refractivity (Wildman–Crippen MR) is 70.4 cm³/mol.